The topological polar surface area (TPSA) is 100 Å². The van der Waals surface area contributed by atoms with Crippen molar-refractivity contribution < 1.29 is 38.0 Å². The molecule has 0 amide bonds. The van der Waals surface area contributed by atoms with E-state index in [2.05, 4.69) is 4.24 Å². The summed E-state index contributed by atoms with van der Waals surface area (Å²) < 4.78 is 24.8. The molecule has 0 atom stereocenters. The van der Waals surface area contributed by atoms with Crippen molar-refractivity contribution in [2.75, 3.05) is 11.5 Å². The van der Waals surface area contributed by atoms with Gasteiger partial charge in [-0.1, -0.05) is 42.0 Å². The van der Waals surface area contributed by atoms with Crippen LogP contribution in [0.5, 0.6) is 0 Å². The minimum Gasteiger partial charge on any atom is -0.458 e. The summed E-state index contributed by atoms with van der Waals surface area (Å²) in [4.78, 5) is 0.114. The second-order valence-electron chi connectivity index (χ2n) is 5.60. The van der Waals surface area contributed by atoms with Gasteiger partial charge in [-0.25, -0.2) is 8.42 Å². The summed E-state index contributed by atoms with van der Waals surface area (Å²) in [5, 5.41) is 0. The van der Waals surface area contributed by atoms with Gasteiger partial charge in [0.25, 0.3) is 0 Å². The van der Waals surface area contributed by atoms with E-state index >= 15 is 0 Å². The first kappa shape index (κ1) is 23.5. The van der Waals surface area contributed by atoms with Gasteiger partial charge in [-0.2, -0.15) is 0 Å². The summed E-state index contributed by atoms with van der Waals surface area (Å²) >= 11 is 4.90. The molecule has 3 aromatic carbocycles. The average Bonchev–Trinajstić information content (AvgIpc) is 2.64. The fourth-order valence-electron chi connectivity index (χ4n) is 2.10. The molecule has 0 unspecified atom stereocenters. The third kappa shape index (κ3) is 7.18. The number of nitrogens with two attached hydrogens (primary N) is 2. The molecule has 0 saturated carbocycles. The van der Waals surface area contributed by atoms with Crippen LogP contribution in [0.25, 0.3) is 15.4 Å². The van der Waals surface area contributed by atoms with E-state index in [1.165, 1.54) is 12.1 Å². The van der Waals surface area contributed by atoms with Crippen molar-refractivity contribution in [1.82, 2.24) is 0 Å². The molecule has 0 heterocycles. The normalized spacial score (nSPS) is 10.3. The molecule has 5 nitrogen and oxygen atoms in total. The van der Waals surface area contributed by atoms with Crippen LogP contribution in [0.2, 0.25) is 0 Å². The molecule has 3 aromatic rings. The maximum atomic E-state index is 11.0. The third-order valence-corrected chi connectivity index (χ3v) is 5.16. The monoisotopic (exact) mass is 411 g/mol. The van der Waals surface area contributed by atoms with Gasteiger partial charge in [-0.05, 0) is 54.4 Å². The van der Waals surface area contributed by atoms with Gasteiger partial charge in [0.15, 0.2) is 0 Å². The van der Waals surface area contributed by atoms with Crippen molar-refractivity contribution in [3.63, 3.8) is 0 Å². The van der Waals surface area contributed by atoms with Gasteiger partial charge in [-0.3, -0.25) is 11.8 Å². The van der Waals surface area contributed by atoms with Gasteiger partial charge >= 0.3 is 29.6 Å². The second-order valence-corrected chi connectivity index (χ2v) is 7.57. The Labute approximate surface area is 187 Å². The molecule has 0 bridgehead atoms. The van der Waals surface area contributed by atoms with E-state index < -0.39 is 10.0 Å². The van der Waals surface area contributed by atoms with Crippen LogP contribution < -0.4 is 41.0 Å². The summed E-state index contributed by atoms with van der Waals surface area (Å²) in [6.45, 7) is 1.87. The maximum absolute atomic E-state index is 11.0. The van der Waals surface area contributed by atoms with Crippen LogP contribution in [-0.4, -0.2) is 8.42 Å². The number of sulfonamides is 1. The van der Waals surface area contributed by atoms with Crippen molar-refractivity contribution in [3.05, 3.63) is 82.6 Å². The molecule has 0 fully saturated rings. The van der Waals surface area contributed by atoms with Crippen molar-refractivity contribution in [1.29, 1.82) is 0 Å². The number of hydrogen-bond donors (Lipinski definition) is 2. The van der Waals surface area contributed by atoms with Gasteiger partial charge in [0.05, 0.1) is 0 Å². The molecule has 0 saturated heterocycles. The molecule has 0 spiro atoms. The number of rotatable bonds is 3. The number of nitrogens with zero attached hydrogens (tertiary/aromatic N) is 1. The van der Waals surface area contributed by atoms with Gasteiger partial charge in [0.1, 0.15) is 10.0 Å². The maximum Gasteiger partial charge on any atom is 1.00 e. The number of anilines is 2. The Balaban J connectivity index is 0.000000264. The second kappa shape index (κ2) is 10.7. The first-order valence-electron chi connectivity index (χ1n) is 7.68. The minimum absolute atomic E-state index is 0. The van der Waals surface area contributed by atoms with Gasteiger partial charge in [0, 0.05) is 16.3 Å². The molecule has 27 heavy (non-hydrogen) atoms. The Kier molecular flexibility index (Phi) is 9.32. The molecule has 0 radical (unpaired) electrons. The molecular weight excluding hydrogens is 393 g/mol. The fraction of sp³-hybridized carbons (Fsp3) is 0.0526. The van der Waals surface area contributed by atoms with Crippen LogP contribution in [0.4, 0.5) is 11.4 Å². The van der Waals surface area contributed by atoms with E-state index in [1.807, 2.05) is 55.5 Å². The third-order valence-electron chi connectivity index (χ3n) is 3.56. The molecule has 0 aromatic heterocycles. The Hall–Kier alpha value is -1.54. The molecule has 0 aliphatic heterocycles. The van der Waals surface area contributed by atoms with Crippen molar-refractivity contribution in [2.45, 2.75) is 11.8 Å². The van der Waals surface area contributed by atoms with E-state index in [1.54, 1.807) is 12.1 Å². The Morgan fingerprint density at radius 2 is 1.11 bits per heavy atom. The van der Waals surface area contributed by atoms with E-state index in [4.69, 9.17) is 23.2 Å². The average molecular weight is 412 g/mol. The van der Waals surface area contributed by atoms with E-state index in [-0.39, 0.29) is 34.5 Å². The van der Waals surface area contributed by atoms with Crippen molar-refractivity contribution in [2.24, 2.45) is 0 Å². The largest absolute Gasteiger partial charge is 1.00 e. The van der Waals surface area contributed by atoms with Gasteiger partial charge < -0.3 is 15.7 Å². The van der Waals surface area contributed by atoms with Gasteiger partial charge in [-0.15, -0.1) is 0 Å². The number of benzene rings is 3. The molecule has 4 N–H and O–H groups in total. The predicted molar refractivity (Wildman–Crippen MR) is 108 cm³/mol. The number of hydrogen-bond acceptors (Lipinski definition) is 4. The standard InChI is InChI=1S/C12H12N2.C7H7ClNO2S.Na/c13-11-5-1-9(2-6-11)10-3-7-12(14)8-4-10;1-6-2-4-7(5-3-6)12(10,11)9-8;/h1-8H,13-14H2;2-5H,1H3;/q;-1;+1. The SMILES string of the molecule is Cc1ccc(S(=O)(=O)[N-]Cl)cc1.Nc1ccc(-c2ccc(N)cc2)cc1.[Na+]. The molecular formula is C19H19ClN3NaO2S. The zero-order valence-corrected chi connectivity index (χ0v) is 18.7. The van der Waals surface area contributed by atoms with Crippen LogP contribution in [0.3, 0.4) is 0 Å². The first-order chi connectivity index (χ1) is 12.3. The number of halogens is 1. The van der Waals surface area contributed by atoms with Crippen LogP contribution >= 0.6 is 11.8 Å². The van der Waals surface area contributed by atoms with E-state index in [9.17, 15) is 8.42 Å². The fourth-order valence-corrected chi connectivity index (χ4v) is 2.90. The molecule has 136 valence electrons. The predicted octanol–water partition coefficient (Wildman–Crippen LogP) is 1.73. The zero-order chi connectivity index (χ0) is 19.2. The Bertz CT molecular complexity index is 902. The van der Waals surface area contributed by atoms with Crippen LogP contribution in [-0.2, 0) is 10.0 Å². The Morgan fingerprint density at radius 3 is 1.44 bits per heavy atom. The van der Waals surface area contributed by atoms with E-state index in [0.717, 1.165) is 28.1 Å². The number of aryl methyl sites for hydroxylation is 1. The van der Waals surface area contributed by atoms with Crippen molar-refractivity contribution in [3.8, 4) is 11.1 Å². The van der Waals surface area contributed by atoms with Crippen molar-refractivity contribution >= 4 is 33.2 Å². The molecule has 8 heteroatoms. The Morgan fingerprint density at radius 1 is 0.741 bits per heavy atom. The first-order valence-corrected chi connectivity index (χ1v) is 9.46. The summed E-state index contributed by atoms with van der Waals surface area (Å²) in [6, 6.07) is 21.9. The van der Waals surface area contributed by atoms with Crippen LogP contribution in [0.15, 0.2) is 77.7 Å². The van der Waals surface area contributed by atoms with Crippen LogP contribution in [0, 0.1) is 6.92 Å². The van der Waals surface area contributed by atoms with Gasteiger partial charge in [0.2, 0.25) is 0 Å². The zero-order valence-electron chi connectivity index (χ0n) is 15.1. The summed E-state index contributed by atoms with van der Waals surface area (Å²) in [7, 11) is -3.62. The molecule has 3 rings (SSSR count). The summed E-state index contributed by atoms with van der Waals surface area (Å²) in [5.74, 6) is 0. The molecule has 0 aliphatic rings. The van der Waals surface area contributed by atoms with Crippen LogP contribution in [0.1, 0.15) is 5.56 Å². The number of nitrogen functional groups attached to an aromatic ring is 2. The quantitative estimate of drug-likeness (QED) is 0.506. The summed E-state index contributed by atoms with van der Waals surface area (Å²) in [5.41, 5.74) is 16.1. The smallest absolute Gasteiger partial charge is 0.458 e. The minimum atomic E-state index is -3.62. The summed E-state index contributed by atoms with van der Waals surface area (Å²) in [6.07, 6.45) is 0. The van der Waals surface area contributed by atoms with E-state index in [0.29, 0.717) is 0 Å². The molecule has 0 aliphatic carbocycles.